The Bertz CT molecular complexity index is 711. The van der Waals surface area contributed by atoms with Gasteiger partial charge in [0.1, 0.15) is 0 Å². The maximum absolute atomic E-state index is 13.6. The molecule has 0 radical (unpaired) electrons. The van der Waals surface area contributed by atoms with E-state index >= 15 is 0 Å². The second-order valence-corrected chi connectivity index (χ2v) is 8.77. The number of alkyl halides is 2. The van der Waals surface area contributed by atoms with Crippen molar-refractivity contribution < 1.29 is 8.78 Å². The van der Waals surface area contributed by atoms with Gasteiger partial charge in [-0.25, -0.2) is 13.8 Å². The van der Waals surface area contributed by atoms with Crippen LogP contribution in [-0.2, 0) is 0 Å². The van der Waals surface area contributed by atoms with Gasteiger partial charge in [-0.15, -0.1) is 0 Å². The largest absolute Gasteiger partial charge is 0.370 e. The molecule has 0 saturated carbocycles. The number of hydrogen-bond acceptors (Lipinski definition) is 5. The molecule has 3 heterocycles. The molecular weight excluding hydrogens is 360 g/mol. The molecule has 0 atom stereocenters. The molecule has 2 aliphatic rings. The second kappa shape index (κ2) is 7.11. The molecule has 2 saturated heterocycles. The highest BCUT2D eigenvalue weighted by atomic mass is 32.2. The molecule has 1 aromatic carbocycles. The van der Waals surface area contributed by atoms with E-state index in [0.717, 1.165) is 23.5 Å². The molecule has 0 spiro atoms. The van der Waals surface area contributed by atoms with Crippen molar-refractivity contribution in [2.45, 2.75) is 18.8 Å². The van der Waals surface area contributed by atoms with Gasteiger partial charge in [-0.05, 0) is 24.1 Å². The highest BCUT2D eigenvalue weighted by Crippen LogP contribution is 2.36. The Morgan fingerprint density at radius 3 is 2.48 bits per heavy atom. The quantitative estimate of drug-likeness (QED) is 0.774. The fourth-order valence-corrected chi connectivity index (χ4v) is 5.18. The Kier molecular flexibility index (Phi) is 4.86. The molecule has 4 rings (SSSR count). The van der Waals surface area contributed by atoms with Crippen LogP contribution < -0.4 is 9.80 Å². The van der Waals surface area contributed by atoms with Gasteiger partial charge in [-0.3, -0.25) is 0 Å². The molecule has 0 N–H and O–H groups in total. The van der Waals surface area contributed by atoms with Crippen LogP contribution in [0.3, 0.4) is 0 Å². The number of thiazole rings is 1. The Morgan fingerprint density at radius 1 is 1.00 bits per heavy atom. The molecule has 3 nitrogen and oxygen atoms in total. The predicted molar refractivity (Wildman–Crippen MR) is 103 cm³/mol. The van der Waals surface area contributed by atoms with Gasteiger partial charge in [-0.2, -0.15) is 11.8 Å². The molecule has 134 valence electrons. The number of aromatic nitrogens is 1. The average molecular weight is 382 g/mol. The Balaban J connectivity index is 1.48. The molecule has 1 aromatic heterocycles. The smallest absolute Gasteiger partial charge is 0.265 e. The summed E-state index contributed by atoms with van der Waals surface area (Å²) in [6.45, 7) is 2.64. The van der Waals surface area contributed by atoms with Crippen molar-refractivity contribution in [1.82, 2.24) is 4.98 Å². The van der Waals surface area contributed by atoms with Gasteiger partial charge in [0.2, 0.25) is 0 Å². The molecule has 0 bridgehead atoms. The number of thioether (sulfide) groups is 1. The summed E-state index contributed by atoms with van der Waals surface area (Å²) in [5, 5.41) is 0.700. The minimum atomic E-state index is -2.60. The van der Waals surface area contributed by atoms with E-state index in [-0.39, 0.29) is 13.0 Å². The zero-order valence-corrected chi connectivity index (χ0v) is 15.6. The van der Waals surface area contributed by atoms with Crippen molar-refractivity contribution in [3.05, 3.63) is 30.5 Å². The van der Waals surface area contributed by atoms with Gasteiger partial charge in [-0.1, -0.05) is 23.5 Å². The van der Waals surface area contributed by atoms with Crippen LogP contribution in [0.2, 0.25) is 0 Å². The normalized spacial score (nSPS) is 20.7. The third-order valence-corrected chi connectivity index (χ3v) is 6.73. The lowest BCUT2D eigenvalue weighted by Gasteiger charge is -2.32. The number of halogens is 2. The standard InChI is InChI=1S/C18H21F2N3S2/c19-18(20)6-1-7-23(13-18)17-21-12-16(25-17)14-2-4-15(5-3-14)22-8-10-24-11-9-22/h2-5,12H,1,6-11,13H2. The lowest BCUT2D eigenvalue weighted by Crippen LogP contribution is -2.42. The van der Waals surface area contributed by atoms with Crippen LogP contribution in [0.25, 0.3) is 10.4 Å². The van der Waals surface area contributed by atoms with Gasteiger partial charge >= 0.3 is 0 Å². The van der Waals surface area contributed by atoms with E-state index in [1.54, 1.807) is 11.1 Å². The van der Waals surface area contributed by atoms with Crippen LogP contribution in [-0.4, -0.2) is 48.6 Å². The zero-order chi connectivity index (χ0) is 17.3. The molecule has 0 aliphatic carbocycles. The third kappa shape index (κ3) is 3.92. The highest BCUT2D eigenvalue weighted by molar-refractivity contribution is 7.99. The average Bonchev–Trinajstić information content (AvgIpc) is 3.12. The van der Waals surface area contributed by atoms with Crippen molar-refractivity contribution in [2.75, 3.05) is 47.5 Å². The lowest BCUT2D eigenvalue weighted by molar-refractivity contribution is -0.0116. The molecule has 7 heteroatoms. The van der Waals surface area contributed by atoms with E-state index in [0.29, 0.717) is 18.1 Å². The van der Waals surface area contributed by atoms with E-state index in [1.807, 2.05) is 11.8 Å². The number of nitrogens with zero attached hydrogens (tertiary/aromatic N) is 3. The lowest BCUT2D eigenvalue weighted by atomic mass is 10.1. The summed E-state index contributed by atoms with van der Waals surface area (Å²) >= 11 is 3.50. The summed E-state index contributed by atoms with van der Waals surface area (Å²) in [7, 11) is 0. The minimum absolute atomic E-state index is 0.0157. The molecule has 0 amide bonds. The van der Waals surface area contributed by atoms with Crippen molar-refractivity contribution in [3.63, 3.8) is 0 Å². The first-order valence-corrected chi connectivity index (χ1v) is 10.6. The van der Waals surface area contributed by atoms with Crippen LogP contribution in [0.4, 0.5) is 19.6 Å². The van der Waals surface area contributed by atoms with Crippen molar-refractivity contribution in [2.24, 2.45) is 0 Å². The van der Waals surface area contributed by atoms with Crippen molar-refractivity contribution in [1.29, 1.82) is 0 Å². The van der Waals surface area contributed by atoms with Crippen LogP contribution in [0.5, 0.6) is 0 Å². The van der Waals surface area contributed by atoms with E-state index in [4.69, 9.17) is 0 Å². The highest BCUT2D eigenvalue weighted by Gasteiger charge is 2.36. The maximum atomic E-state index is 13.6. The first-order valence-electron chi connectivity index (χ1n) is 8.62. The van der Waals surface area contributed by atoms with Gasteiger partial charge in [0.25, 0.3) is 5.92 Å². The zero-order valence-electron chi connectivity index (χ0n) is 14.0. The second-order valence-electron chi connectivity index (χ2n) is 6.53. The topological polar surface area (TPSA) is 19.4 Å². The Hall–Kier alpha value is -1.34. The number of anilines is 2. The van der Waals surface area contributed by atoms with Crippen LogP contribution in [0.1, 0.15) is 12.8 Å². The number of piperidine rings is 1. The molecule has 2 aliphatic heterocycles. The summed E-state index contributed by atoms with van der Waals surface area (Å²) in [5.41, 5.74) is 2.35. The van der Waals surface area contributed by atoms with Crippen LogP contribution in [0.15, 0.2) is 30.5 Å². The van der Waals surface area contributed by atoms with E-state index in [1.165, 1.54) is 28.5 Å². The van der Waals surface area contributed by atoms with Crippen molar-refractivity contribution >= 4 is 33.9 Å². The monoisotopic (exact) mass is 381 g/mol. The number of hydrogen-bond donors (Lipinski definition) is 0. The summed E-state index contributed by atoms with van der Waals surface area (Å²) in [6.07, 6.45) is 2.31. The Labute approximate surface area is 155 Å². The fourth-order valence-electron chi connectivity index (χ4n) is 3.33. The minimum Gasteiger partial charge on any atom is -0.370 e. The van der Waals surface area contributed by atoms with Crippen LogP contribution >= 0.6 is 23.1 Å². The molecule has 0 unspecified atom stereocenters. The summed E-state index contributed by atoms with van der Waals surface area (Å²) < 4.78 is 27.2. The van der Waals surface area contributed by atoms with E-state index in [9.17, 15) is 8.78 Å². The molecular formula is C18H21F2N3S2. The molecule has 2 aromatic rings. The first kappa shape index (κ1) is 17.1. The predicted octanol–water partition coefficient (Wildman–Crippen LogP) is 4.60. The van der Waals surface area contributed by atoms with Crippen LogP contribution in [0, 0.1) is 0 Å². The first-order chi connectivity index (χ1) is 12.1. The summed E-state index contributed by atoms with van der Waals surface area (Å²) in [5.74, 6) is -0.237. The SMILES string of the molecule is FC1(F)CCCN(c2ncc(-c3ccc(N4CCSCC4)cc3)s2)C1. The summed E-state index contributed by atoms with van der Waals surface area (Å²) in [6, 6.07) is 8.53. The van der Waals surface area contributed by atoms with E-state index < -0.39 is 5.92 Å². The molecule has 2 fully saturated rings. The maximum Gasteiger partial charge on any atom is 0.265 e. The summed E-state index contributed by atoms with van der Waals surface area (Å²) in [4.78, 5) is 9.55. The fraction of sp³-hybridized carbons (Fsp3) is 0.500. The van der Waals surface area contributed by atoms with Gasteiger partial charge < -0.3 is 9.80 Å². The van der Waals surface area contributed by atoms with Crippen molar-refractivity contribution in [3.8, 4) is 10.4 Å². The molecule has 25 heavy (non-hydrogen) atoms. The Morgan fingerprint density at radius 2 is 1.76 bits per heavy atom. The third-order valence-electron chi connectivity index (χ3n) is 4.68. The van der Waals surface area contributed by atoms with Gasteiger partial charge in [0.15, 0.2) is 5.13 Å². The van der Waals surface area contributed by atoms with Gasteiger partial charge in [0.05, 0.1) is 11.4 Å². The number of rotatable bonds is 3. The van der Waals surface area contributed by atoms with E-state index in [2.05, 4.69) is 34.1 Å². The van der Waals surface area contributed by atoms with Gasteiger partial charge in [0, 0.05) is 49.4 Å². The number of benzene rings is 1.